The number of nitrogens with one attached hydrogen (secondary N) is 1. The van der Waals surface area contributed by atoms with Crippen molar-refractivity contribution in [2.75, 3.05) is 5.73 Å². The topological polar surface area (TPSA) is 112 Å². The first-order valence-corrected chi connectivity index (χ1v) is 9.97. The zero-order chi connectivity index (χ0) is 18.0. The quantitative estimate of drug-likeness (QED) is 0.707. The Morgan fingerprint density at radius 3 is 2.64 bits per heavy atom. The summed E-state index contributed by atoms with van der Waals surface area (Å²) in [5.74, 6) is 0. The molecule has 0 atom stereocenters. The lowest BCUT2D eigenvalue weighted by molar-refractivity contribution is 0.558. The minimum Gasteiger partial charge on any atom is -0.389 e. The zero-order valence-electron chi connectivity index (χ0n) is 13.7. The highest BCUT2D eigenvalue weighted by Crippen LogP contribution is 2.36. The number of nitrogens with two attached hydrogens (primary N) is 1. The first kappa shape index (κ1) is 16.3. The maximum atomic E-state index is 12.6. The van der Waals surface area contributed by atoms with Crippen LogP contribution in [0.15, 0.2) is 34.1 Å². The van der Waals surface area contributed by atoms with E-state index in [0.717, 1.165) is 12.8 Å². The summed E-state index contributed by atoms with van der Waals surface area (Å²) in [6.07, 6.45) is 3.12. The van der Waals surface area contributed by atoms with E-state index in [-0.39, 0.29) is 16.1 Å². The molecule has 0 spiro atoms. The Balaban J connectivity index is 1.92. The number of nitrogens with zero attached hydrogens (tertiary/aromatic N) is 3. The zero-order valence-corrected chi connectivity index (χ0v) is 15.3. The van der Waals surface area contributed by atoms with Crippen molar-refractivity contribution in [3.63, 3.8) is 0 Å². The SMILES string of the molecule is Cn1c(=O)n(-c2ncc(N)s2)c2cc(S(=O)(=O)NC3(C)CC3)ccc21. The number of hydrogen-bond acceptors (Lipinski definition) is 6. The molecule has 0 unspecified atom stereocenters. The predicted octanol–water partition coefficient (Wildman–Crippen LogP) is 1.20. The Morgan fingerprint density at radius 1 is 1.32 bits per heavy atom. The van der Waals surface area contributed by atoms with E-state index in [1.165, 1.54) is 38.8 Å². The Hall–Kier alpha value is -2.17. The highest BCUT2D eigenvalue weighted by molar-refractivity contribution is 7.89. The van der Waals surface area contributed by atoms with Crippen molar-refractivity contribution in [1.82, 2.24) is 18.8 Å². The number of anilines is 1. The lowest BCUT2D eigenvalue weighted by Crippen LogP contribution is -2.34. The second-order valence-electron chi connectivity index (χ2n) is 6.54. The molecule has 10 heteroatoms. The molecule has 3 N–H and O–H groups in total. The van der Waals surface area contributed by atoms with Crippen LogP contribution in [0.2, 0.25) is 0 Å². The molecule has 1 saturated carbocycles. The van der Waals surface area contributed by atoms with Gasteiger partial charge in [-0.05, 0) is 38.0 Å². The van der Waals surface area contributed by atoms with Gasteiger partial charge >= 0.3 is 5.69 Å². The van der Waals surface area contributed by atoms with Crippen LogP contribution < -0.4 is 16.1 Å². The van der Waals surface area contributed by atoms with E-state index < -0.39 is 10.0 Å². The number of imidazole rings is 1. The van der Waals surface area contributed by atoms with Crippen LogP contribution in [0, 0.1) is 0 Å². The Bertz CT molecular complexity index is 1150. The maximum Gasteiger partial charge on any atom is 0.335 e. The van der Waals surface area contributed by atoms with Crippen molar-refractivity contribution >= 4 is 37.4 Å². The van der Waals surface area contributed by atoms with Gasteiger partial charge in [0.2, 0.25) is 10.0 Å². The molecule has 0 amide bonds. The molecule has 1 fully saturated rings. The van der Waals surface area contributed by atoms with Crippen LogP contribution in [-0.4, -0.2) is 28.1 Å². The number of thiazole rings is 1. The highest BCUT2D eigenvalue weighted by atomic mass is 32.2. The van der Waals surface area contributed by atoms with Gasteiger partial charge in [-0.2, -0.15) is 0 Å². The van der Waals surface area contributed by atoms with Crippen LogP contribution in [0.3, 0.4) is 0 Å². The molecule has 0 bridgehead atoms. The van der Waals surface area contributed by atoms with Gasteiger partial charge in [0.1, 0.15) is 5.00 Å². The second kappa shape index (κ2) is 5.16. The standard InChI is InChI=1S/C15H17N5O3S2/c1-15(5-6-15)18-25(22,23)9-3-4-10-11(7-9)20(14(21)19(10)2)13-17-8-12(16)24-13/h3-4,7-8,18H,5-6,16H2,1-2H3. The van der Waals surface area contributed by atoms with Gasteiger partial charge in [0, 0.05) is 12.6 Å². The largest absolute Gasteiger partial charge is 0.389 e. The summed E-state index contributed by atoms with van der Waals surface area (Å²) >= 11 is 1.17. The van der Waals surface area contributed by atoms with Gasteiger partial charge in [-0.1, -0.05) is 11.3 Å². The molecule has 3 aromatic rings. The van der Waals surface area contributed by atoms with Gasteiger partial charge in [0.15, 0.2) is 5.13 Å². The molecular formula is C15H17N5O3S2. The van der Waals surface area contributed by atoms with Crippen molar-refractivity contribution in [2.45, 2.75) is 30.2 Å². The minimum atomic E-state index is -3.66. The monoisotopic (exact) mass is 379 g/mol. The van der Waals surface area contributed by atoms with Crippen LogP contribution >= 0.6 is 11.3 Å². The predicted molar refractivity (Wildman–Crippen MR) is 96.6 cm³/mol. The number of aromatic nitrogens is 3. The van der Waals surface area contributed by atoms with Crippen LogP contribution in [0.25, 0.3) is 16.2 Å². The summed E-state index contributed by atoms with van der Waals surface area (Å²) in [5, 5.41) is 0.885. The molecule has 132 valence electrons. The van der Waals surface area contributed by atoms with E-state index in [1.54, 1.807) is 13.1 Å². The summed E-state index contributed by atoms with van der Waals surface area (Å²) in [6.45, 7) is 1.87. The average molecular weight is 379 g/mol. The molecule has 25 heavy (non-hydrogen) atoms. The van der Waals surface area contributed by atoms with Gasteiger partial charge in [-0.25, -0.2) is 27.5 Å². The summed E-state index contributed by atoms with van der Waals surface area (Å²) in [7, 11) is -2.03. The number of aryl methyl sites for hydroxylation is 1. The lowest BCUT2D eigenvalue weighted by Gasteiger charge is -2.12. The van der Waals surface area contributed by atoms with Gasteiger partial charge < -0.3 is 5.73 Å². The lowest BCUT2D eigenvalue weighted by atomic mass is 10.3. The smallest absolute Gasteiger partial charge is 0.335 e. The summed E-state index contributed by atoms with van der Waals surface area (Å²) in [4.78, 5) is 16.9. The first-order chi connectivity index (χ1) is 11.7. The van der Waals surface area contributed by atoms with Crippen molar-refractivity contribution in [1.29, 1.82) is 0 Å². The van der Waals surface area contributed by atoms with Crippen molar-refractivity contribution in [3.05, 3.63) is 34.9 Å². The first-order valence-electron chi connectivity index (χ1n) is 7.67. The van der Waals surface area contributed by atoms with Crippen molar-refractivity contribution in [2.24, 2.45) is 7.05 Å². The number of rotatable bonds is 4. The van der Waals surface area contributed by atoms with E-state index in [4.69, 9.17) is 5.73 Å². The fraction of sp³-hybridized carbons (Fsp3) is 0.333. The highest BCUT2D eigenvalue weighted by Gasteiger charge is 2.41. The third-order valence-electron chi connectivity index (χ3n) is 4.42. The van der Waals surface area contributed by atoms with E-state index in [1.807, 2.05) is 6.92 Å². The average Bonchev–Trinajstić information content (AvgIpc) is 3.00. The summed E-state index contributed by atoms with van der Waals surface area (Å²) < 4.78 is 30.8. The van der Waals surface area contributed by atoms with Crippen molar-refractivity contribution in [3.8, 4) is 5.13 Å². The molecule has 1 aliphatic carbocycles. The molecule has 0 aliphatic heterocycles. The molecule has 8 nitrogen and oxygen atoms in total. The molecule has 1 aliphatic rings. The van der Waals surface area contributed by atoms with Crippen LogP contribution in [-0.2, 0) is 17.1 Å². The summed E-state index contributed by atoms with van der Waals surface area (Å²) in [5.41, 5.74) is 6.15. The van der Waals surface area contributed by atoms with Crippen molar-refractivity contribution < 1.29 is 8.42 Å². The Labute approximate surface area is 148 Å². The van der Waals surface area contributed by atoms with E-state index in [0.29, 0.717) is 21.2 Å². The molecule has 2 aromatic heterocycles. The van der Waals surface area contributed by atoms with Gasteiger partial charge in [0.05, 0.1) is 22.1 Å². The second-order valence-corrected chi connectivity index (χ2v) is 9.26. The molecule has 1 aromatic carbocycles. The summed E-state index contributed by atoms with van der Waals surface area (Å²) in [6, 6.07) is 4.65. The molecule has 0 saturated heterocycles. The fourth-order valence-corrected chi connectivity index (χ4v) is 4.90. The number of hydrogen-bond donors (Lipinski definition) is 2. The third-order valence-corrected chi connectivity index (χ3v) is 6.87. The fourth-order valence-electron chi connectivity index (χ4n) is 2.73. The number of sulfonamides is 1. The molecular weight excluding hydrogens is 362 g/mol. The van der Waals surface area contributed by atoms with E-state index in [2.05, 4.69) is 9.71 Å². The minimum absolute atomic E-state index is 0.122. The van der Waals surface area contributed by atoms with E-state index >= 15 is 0 Å². The Kier molecular flexibility index (Phi) is 3.37. The number of fused-ring (bicyclic) bond motifs is 1. The maximum absolute atomic E-state index is 12.6. The normalized spacial score (nSPS) is 16.4. The third kappa shape index (κ3) is 2.66. The van der Waals surface area contributed by atoms with Crippen LogP contribution in [0.4, 0.5) is 5.00 Å². The van der Waals surface area contributed by atoms with Gasteiger partial charge in [-0.15, -0.1) is 0 Å². The van der Waals surface area contributed by atoms with Gasteiger partial charge in [0.25, 0.3) is 0 Å². The van der Waals surface area contributed by atoms with E-state index in [9.17, 15) is 13.2 Å². The van der Waals surface area contributed by atoms with Crippen LogP contribution in [0.1, 0.15) is 19.8 Å². The molecule has 4 rings (SSSR count). The number of nitrogen functional groups attached to an aromatic ring is 1. The molecule has 0 radical (unpaired) electrons. The van der Waals surface area contributed by atoms with Crippen LogP contribution in [0.5, 0.6) is 0 Å². The van der Waals surface area contributed by atoms with Gasteiger partial charge in [-0.3, -0.25) is 4.57 Å². The molecule has 2 heterocycles. The number of benzene rings is 1. The Morgan fingerprint density at radius 2 is 2.04 bits per heavy atom.